The first-order valence-corrected chi connectivity index (χ1v) is 6.15. The summed E-state index contributed by atoms with van der Waals surface area (Å²) in [5.74, 6) is 0.619. The number of β-amino-alcohol motifs (C(OH)–C–C–N with tert-alkyl or cyclic N) is 1. The number of hydrogen-bond acceptors (Lipinski definition) is 3. The van der Waals surface area contributed by atoms with Gasteiger partial charge >= 0.3 is 0 Å². The minimum Gasteiger partial charge on any atom is -0.392 e. The van der Waals surface area contributed by atoms with Gasteiger partial charge in [0.2, 0.25) is 0 Å². The maximum Gasteiger partial charge on any atom is 0.0679 e. The van der Waals surface area contributed by atoms with Gasteiger partial charge in [0.1, 0.15) is 0 Å². The van der Waals surface area contributed by atoms with Crippen molar-refractivity contribution in [1.82, 2.24) is 4.90 Å². The van der Waals surface area contributed by atoms with Gasteiger partial charge in [0.15, 0.2) is 0 Å². The summed E-state index contributed by atoms with van der Waals surface area (Å²) in [5, 5.41) is 9.57. The van der Waals surface area contributed by atoms with Crippen LogP contribution in [0.4, 0.5) is 0 Å². The third-order valence-electron chi connectivity index (χ3n) is 3.79. The van der Waals surface area contributed by atoms with Crippen LogP contribution in [0.25, 0.3) is 0 Å². The molecule has 3 heteroatoms. The molecule has 15 heavy (non-hydrogen) atoms. The van der Waals surface area contributed by atoms with E-state index in [4.69, 9.17) is 0 Å². The highest BCUT2D eigenvalue weighted by molar-refractivity contribution is 5.61. The molecule has 1 saturated heterocycles. The van der Waals surface area contributed by atoms with Gasteiger partial charge in [-0.2, -0.15) is 0 Å². The van der Waals surface area contributed by atoms with Crippen LogP contribution >= 0.6 is 0 Å². The second-order valence-electron chi connectivity index (χ2n) is 4.86. The van der Waals surface area contributed by atoms with E-state index in [1.54, 1.807) is 0 Å². The molecule has 2 rings (SSSR count). The molecule has 1 aliphatic carbocycles. The van der Waals surface area contributed by atoms with Crippen molar-refractivity contribution in [2.45, 2.75) is 44.2 Å². The lowest BCUT2D eigenvalue weighted by molar-refractivity contribution is 0.128. The van der Waals surface area contributed by atoms with Gasteiger partial charge in [0.05, 0.1) is 6.10 Å². The minimum atomic E-state index is -0.0915. The van der Waals surface area contributed by atoms with Gasteiger partial charge in [0.25, 0.3) is 0 Å². The molecule has 1 N–H and O–H groups in total. The summed E-state index contributed by atoms with van der Waals surface area (Å²) in [5.41, 5.74) is 0. The average molecular weight is 210 g/mol. The van der Waals surface area contributed by atoms with Crippen molar-refractivity contribution in [3.63, 3.8) is 0 Å². The van der Waals surface area contributed by atoms with Crippen molar-refractivity contribution < 1.29 is 5.11 Å². The molecule has 1 aliphatic heterocycles. The Hall–Kier alpha value is -0.410. The first-order chi connectivity index (χ1) is 7.31. The van der Waals surface area contributed by atoms with Crippen LogP contribution in [0.15, 0.2) is 4.99 Å². The van der Waals surface area contributed by atoms with Crippen LogP contribution in [-0.4, -0.2) is 48.5 Å². The van der Waals surface area contributed by atoms with Gasteiger partial charge in [-0.25, -0.2) is 0 Å². The summed E-state index contributed by atoms with van der Waals surface area (Å²) < 4.78 is 0. The van der Waals surface area contributed by atoms with Crippen molar-refractivity contribution in [2.75, 3.05) is 20.1 Å². The predicted octanol–water partition coefficient (Wildman–Crippen LogP) is 1.31. The summed E-state index contributed by atoms with van der Waals surface area (Å²) in [6, 6.07) is 0.639. The van der Waals surface area contributed by atoms with Crippen LogP contribution in [0.3, 0.4) is 0 Å². The van der Waals surface area contributed by atoms with E-state index >= 15 is 0 Å². The Kier molecular flexibility index (Phi) is 3.76. The Morgan fingerprint density at radius 3 is 2.73 bits per heavy atom. The van der Waals surface area contributed by atoms with Gasteiger partial charge in [-0.15, -0.1) is 0 Å². The number of aliphatic hydroxyl groups excluding tert-OH is 1. The van der Waals surface area contributed by atoms with Crippen molar-refractivity contribution >= 4 is 6.21 Å². The van der Waals surface area contributed by atoms with E-state index in [-0.39, 0.29) is 6.10 Å². The van der Waals surface area contributed by atoms with E-state index in [0.29, 0.717) is 12.0 Å². The van der Waals surface area contributed by atoms with Crippen molar-refractivity contribution in [3.8, 4) is 0 Å². The zero-order valence-electron chi connectivity index (χ0n) is 9.60. The van der Waals surface area contributed by atoms with Crippen LogP contribution in [-0.2, 0) is 0 Å². The van der Waals surface area contributed by atoms with Gasteiger partial charge in [-0.05, 0) is 19.3 Å². The van der Waals surface area contributed by atoms with Crippen LogP contribution < -0.4 is 0 Å². The Morgan fingerprint density at radius 1 is 1.27 bits per heavy atom. The highest BCUT2D eigenvalue weighted by Gasteiger charge is 2.32. The van der Waals surface area contributed by atoms with Crippen LogP contribution in [0, 0.1) is 5.92 Å². The van der Waals surface area contributed by atoms with E-state index in [9.17, 15) is 5.11 Å². The summed E-state index contributed by atoms with van der Waals surface area (Å²) in [6.07, 6.45) is 8.21. The van der Waals surface area contributed by atoms with E-state index in [1.165, 1.54) is 25.7 Å². The molecule has 0 bridgehead atoms. The number of rotatable bonds is 2. The molecule has 0 amide bonds. The normalized spacial score (nSPS) is 38.9. The zero-order valence-corrected chi connectivity index (χ0v) is 9.60. The number of hydrogen-bond donors (Lipinski definition) is 1. The predicted molar refractivity (Wildman–Crippen MR) is 62.4 cm³/mol. The standard InChI is InChI=1S/C12H22N2O/c1-13-8-10-4-2-3-5-12(10)14-7-6-11(15)9-14/h8,10-12,15H,2-7,9H2,1H3/t10?,11-,12+/m1/s1. The molecule has 1 unspecified atom stereocenters. The van der Waals surface area contributed by atoms with E-state index < -0.39 is 0 Å². The van der Waals surface area contributed by atoms with Gasteiger partial charge in [-0.3, -0.25) is 4.90 Å². The van der Waals surface area contributed by atoms with Crippen LogP contribution in [0.1, 0.15) is 32.1 Å². The molecular weight excluding hydrogens is 188 g/mol. The van der Waals surface area contributed by atoms with Gasteiger partial charge in [-0.1, -0.05) is 12.8 Å². The lowest BCUT2D eigenvalue weighted by Gasteiger charge is -2.36. The summed E-state index contributed by atoms with van der Waals surface area (Å²) in [7, 11) is 1.87. The molecule has 1 saturated carbocycles. The average Bonchev–Trinajstić information content (AvgIpc) is 2.66. The molecule has 1 heterocycles. The third kappa shape index (κ3) is 2.58. The maximum atomic E-state index is 9.57. The second kappa shape index (κ2) is 5.08. The lowest BCUT2D eigenvalue weighted by atomic mass is 9.84. The van der Waals surface area contributed by atoms with Gasteiger partial charge < -0.3 is 10.1 Å². The van der Waals surface area contributed by atoms with Crippen molar-refractivity contribution in [3.05, 3.63) is 0 Å². The second-order valence-corrected chi connectivity index (χ2v) is 4.86. The SMILES string of the molecule is CN=CC1CCCC[C@@H]1N1CC[C@@H](O)C1. The molecule has 3 atom stereocenters. The molecule has 0 spiro atoms. The number of likely N-dealkylation sites (tertiary alicyclic amines) is 1. The fourth-order valence-corrected chi connectivity index (χ4v) is 3.03. The quantitative estimate of drug-likeness (QED) is 0.698. The summed E-state index contributed by atoms with van der Waals surface area (Å²) in [4.78, 5) is 6.65. The third-order valence-corrected chi connectivity index (χ3v) is 3.79. The molecule has 0 aromatic carbocycles. The first kappa shape index (κ1) is 11.1. The Balaban J connectivity index is 1.98. The topological polar surface area (TPSA) is 35.8 Å². The Bertz CT molecular complexity index is 230. The van der Waals surface area contributed by atoms with E-state index in [2.05, 4.69) is 16.1 Å². The molecule has 2 fully saturated rings. The summed E-state index contributed by atoms with van der Waals surface area (Å²) >= 11 is 0. The molecule has 0 radical (unpaired) electrons. The Labute approximate surface area is 92.2 Å². The van der Waals surface area contributed by atoms with Gasteiger partial charge in [0, 0.05) is 38.3 Å². The van der Waals surface area contributed by atoms with E-state index in [0.717, 1.165) is 19.5 Å². The maximum absolute atomic E-state index is 9.57. The highest BCUT2D eigenvalue weighted by Crippen LogP contribution is 2.29. The highest BCUT2D eigenvalue weighted by atomic mass is 16.3. The Morgan fingerprint density at radius 2 is 2.07 bits per heavy atom. The molecule has 0 aromatic rings. The van der Waals surface area contributed by atoms with Crippen LogP contribution in [0.5, 0.6) is 0 Å². The zero-order chi connectivity index (χ0) is 10.7. The first-order valence-electron chi connectivity index (χ1n) is 6.15. The number of nitrogens with zero attached hydrogens (tertiary/aromatic N) is 2. The minimum absolute atomic E-state index is 0.0915. The van der Waals surface area contributed by atoms with Crippen LogP contribution in [0.2, 0.25) is 0 Å². The summed E-state index contributed by atoms with van der Waals surface area (Å²) in [6.45, 7) is 1.94. The molecular formula is C12H22N2O. The van der Waals surface area contributed by atoms with E-state index in [1.807, 2.05) is 7.05 Å². The molecule has 0 aromatic heterocycles. The largest absolute Gasteiger partial charge is 0.392 e. The van der Waals surface area contributed by atoms with Crippen molar-refractivity contribution in [2.24, 2.45) is 10.9 Å². The lowest BCUT2D eigenvalue weighted by Crippen LogP contribution is -2.42. The number of aliphatic hydroxyl groups is 1. The van der Waals surface area contributed by atoms with Crippen molar-refractivity contribution in [1.29, 1.82) is 0 Å². The molecule has 86 valence electrons. The molecule has 2 aliphatic rings. The fraction of sp³-hybridized carbons (Fsp3) is 0.917. The molecule has 3 nitrogen and oxygen atoms in total. The number of aliphatic imine (C=N–C) groups is 1. The fourth-order valence-electron chi connectivity index (χ4n) is 3.03. The monoisotopic (exact) mass is 210 g/mol. The smallest absolute Gasteiger partial charge is 0.0679 e.